The minimum Gasteiger partial charge on any atom is -0.316 e. The van der Waals surface area contributed by atoms with E-state index in [4.69, 9.17) is 0 Å². The lowest BCUT2D eigenvalue weighted by Crippen LogP contribution is -2.44. The summed E-state index contributed by atoms with van der Waals surface area (Å²) >= 11 is 0. The molecule has 0 spiro atoms. The third-order valence-corrected chi connectivity index (χ3v) is 4.92. The zero-order valence-electron chi connectivity index (χ0n) is 13.1. The van der Waals surface area contributed by atoms with Gasteiger partial charge in [-0.3, -0.25) is 0 Å². The second-order valence-corrected chi connectivity index (χ2v) is 6.30. The molecule has 0 radical (unpaired) electrons. The van der Waals surface area contributed by atoms with E-state index in [9.17, 15) is 0 Å². The van der Waals surface area contributed by atoms with Gasteiger partial charge in [0.05, 0.1) is 0 Å². The second-order valence-electron chi connectivity index (χ2n) is 6.30. The Morgan fingerprint density at radius 1 is 1.11 bits per heavy atom. The Labute approximate surface area is 115 Å². The van der Waals surface area contributed by atoms with Gasteiger partial charge in [-0.15, -0.1) is 0 Å². The first-order valence-electron chi connectivity index (χ1n) is 8.09. The third kappa shape index (κ3) is 4.89. The van der Waals surface area contributed by atoms with Crippen molar-refractivity contribution in [1.82, 2.24) is 10.2 Å². The molecule has 1 heterocycles. The molecule has 1 fully saturated rings. The van der Waals surface area contributed by atoms with Gasteiger partial charge >= 0.3 is 0 Å². The van der Waals surface area contributed by atoms with Gasteiger partial charge in [-0.1, -0.05) is 27.7 Å². The summed E-state index contributed by atoms with van der Waals surface area (Å²) in [5.74, 6) is 0.932. The summed E-state index contributed by atoms with van der Waals surface area (Å²) in [7, 11) is 0. The number of rotatable bonds is 7. The van der Waals surface area contributed by atoms with Crippen molar-refractivity contribution in [2.75, 3.05) is 32.7 Å². The SMILES string of the molecule is CCNCC(CC)(CC)CN1CCCC(C)CC1. The van der Waals surface area contributed by atoms with Crippen molar-refractivity contribution in [2.24, 2.45) is 11.3 Å². The van der Waals surface area contributed by atoms with Gasteiger partial charge in [-0.25, -0.2) is 0 Å². The summed E-state index contributed by atoms with van der Waals surface area (Å²) in [6.45, 7) is 15.6. The molecule has 0 aromatic carbocycles. The van der Waals surface area contributed by atoms with Crippen molar-refractivity contribution < 1.29 is 0 Å². The Morgan fingerprint density at radius 3 is 2.44 bits per heavy atom. The number of likely N-dealkylation sites (tertiary alicyclic amines) is 1. The van der Waals surface area contributed by atoms with E-state index in [1.165, 1.54) is 58.3 Å². The number of hydrogen-bond donors (Lipinski definition) is 1. The quantitative estimate of drug-likeness (QED) is 0.748. The molecule has 108 valence electrons. The maximum Gasteiger partial charge on any atom is 0.00499 e. The van der Waals surface area contributed by atoms with Gasteiger partial charge in [0.25, 0.3) is 0 Å². The van der Waals surface area contributed by atoms with Crippen LogP contribution in [-0.2, 0) is 0 Å². The van der Waals surface area contributed by atoms with Crippen LogP contribution in [0.4, 0.5) is 0 Å². The average molecular weight is 254 g/mol. The van der Waals surface area contributed by atoms with Crippen LogP contribution in [0.3, 0.4) is 0 Å². The van der Waals surface area contributed by atoms with Crippen molar-refractivity contribution in [3.8, 4) is 0 Å². The molecule has 1 atom stereocenters. The van der Waals surface area contributed by atoms with E-state index in [-0.39, 0.29) is 0 Å². The van der Waals surface area contributed by atoms with E-state index in [1.807, 2.05) is 0 Å². The molecule has 1 rings (SSSR count). The van der Waals surface area contributed by atoms with Crippen LogP contribution in [0.5, 0.6) is 0 Å². The van der Waals surface area contributed by atoms with E-state index in [0.29, 0.717) is 5.41 Å². The highest BCUT2D eigenvalue weighted by Crippen LogP contribution is 2.28. The molecule has 0 aromatic rings. The predicted molar refractivity (Wildman–Crippen MR) is 81.0 cm³/mol. The van der Waals surface area contributed by atoms with Crippen LogP contribution in [0.25, 0.3) is 0 Å². The van der Waals surface area contributed by atoms with Gasteiger partial charge in [-0.2, -0.15) is 0 Å². The summed E-state index contributed by atoms with van der Waals surface area (Å²) in [4.78, 5) is 2.73. The first-order valence-corrected chi connectivity index (χ1v) is 8.09. The van der Waals surface area contributed by atoms with E-state index < -0.39 is 0 Å². The van der Waals surface area contributed by atoms with Crippen molar-refractivity contribution in [2.45, 2.75) is 59.8 Å². The van der Waals surface area contributed by atoms with Crippen LogP contribution in [0.1, 0.15) is 59.8 Å². The highest BCUT2D eigenvalue weighted by molar-refractivity contribution is 4.84. The molecule has 1 unspecified atom stereocenters. The topological polar surface area (TPSA) is 15.3 Å². The lowest BCUT2D eigenvalue weighted by molar-refractivity contribution is 0.137. The summed E-state index contributed by atoms with van der Waals surface area (Å²) in [5.41, 5.74) is 0.490. The zero-order valence-corrected chi connectivity index (χ0v) is 13.1. The first kappa shape index (κ1) is 16.0. The van der Waals surface area contributed by atoms with Crippen LogP contribution in [0.15, 0.2) is 0 Å². The van der Waals surface area contributed by atoms with Crippen molar-refractivity contribution in [3.63, 3.8) is 0 Å². The minimum atomic E-state index is 0.490. The summed E-state index contributed by atoms with van der Waals surface area (Å²) in [6, 6.07) is 0. The maximum atomic E-state index is 3.58. The minimum absolute atomic E-state index is 0.490. The molecular formula is C16H34N2. The highest BCUT2D eigenvalue weighted by atomic mass is 15.1. The van der Waals surface area contributed by atoms with Gasteiger partial charge in [-0.05, 0) is 63.1 Å². The normalized spacial score (nSPS) is 23.0. The van der Waals surface area contributed by atoms with Gasteiger partial charge in [0.1, 0.15) is 0 Å². The van der Waals surface area contributed by atoms with Crippen LogP contribution in [-0.4, -0.2) is 37.6 Å². The smallest absolute Gasteiger partial charge is 0.00499 e. The largest absolute Gasteiger partial charge is 0.316 e. The number of hydrogen-bond acceptors (Lipinski definition) is 2. The zero-order chi connectivity index (χ0) is 13.4. The maximum absolute atomic E-state index is 3.58. The monoisotopic (exact) mass is 254 g/mol. The Morgan fingerprint density at radius 2 is 1.83 bits per heavy atom. The molecule has 0 aromatic heterocycles. The molecule has 0 aliphatic carbocycles. The lowest BCUT2D eigenvalue weighted by Gasteiger charge is -2.37. The molecule has 0 bridgehead atoms. The fraction of sp³-hybridized carbons (Fsp3) is 1.00. The predicted octanol–water partition coefficient (Wildman–Crippen LogP) is 3.52. The van der Waals surface area contributed by atoms with E-state index in [2.05, 4.69) is 37.9 Å². The fourth-order valence-corrected chi connectivity index (χ4v) is 3.12. The van der Waals surface area contributed by atoms with Gasteiger partial charge < -0.3 is 10.2 Å². The van der Waals surface area contributed by atoms with Crippen LogP contribution in [0.2, 0.25) is 0 Å². The van der Waals surface area contributed by atoms with E-state index >= 15 is 0 Å². The Kier molecular flexibility index (Phi) is 7.25. The fourth-order valence-electron chi connectivity index (χ4n) is 3.12. The van der Waals surface area contributed by atoms with Crippen LogP contribution in [0, 0.1) is 11.3 Å². The lowest BCUT2D eigenvalue weighted by atomic mass is 9.81. The summed E-state index contributed by atoms with van der Waals surface area (Å²) in [6.07, 6.45) is 6.80. The van der Waals surface area contributed by atoms with E-state index in [0.717, 1.165) is 12.5 Å². The van der Waals surface area contributed by atoms with Gasteiger partial charge in [0.15, 0.2) is 0 Å². The highest BCUT2D eigenvalue weighted by Gasteiger charge is 2.29. The Hall–Kier alpha value is -0.0800. The molecule has 2 heteroatoms. The average Bonchev–Trinajstić information content (AvgIpc) is 2.59. The summed E-state index contributed by atoms with van der Waals surface area (Å²) < 4.78 is 0. The molecule has 0 saturated carbocycles. The number of nitrogens with one attached hydrogen (secondary N) is 1. The molecule has 1 saturated heterocycles. The van der Waals surface area contributed by atoms with Crippen LogP contribution < -0.4 is 5.32 Å². The van der Waals surface area contributed by atoms with Crippen LogP contribution >= 0.6 is 0 Å². The second kappa shape index (κ2) is 8.16. The van der Waals surface area contributed by atoms with E-state index in [1.54, 1.807) is 0 Å². The Bertz CT molecular complexity index is 211. The molecule has 2 nitrogen and oxygen atoms in total. The summed E-state index contributed by atoms with van der Waals surface area (Å²) in [5, 5.41) is 3.58. The van der Waals surface area contributed by atoms with Gasteiger partial charge in [0, 0.05) is 13.1 Å². The molecule has 1 N–H and O–H groups in total. The van der Waals surface area contributed by atoms with Crippen molar-refractivity contribution in [1.29, 1.82) is 0 Å². The molecular weight excluding hydrogens is 220 g/mol. The standard InChI is InChI=1S/C16H34N2/c1-5-16(6-2,13-17-7-3)14-18-11-8-9-15(4)10-12-18/h15,17H,5-14H2,1-4H3. The molecule has 0 amide bonds. The Balaban J connectivity index is 2.53. The van der Waals surface area contributed by atoms with Crippen molar-refractivity contribution in [3.05, 3.63) is 0 Å². The number of nitrogens with zero attached hydrogens (tertiary/aromatic N) is 1. The molecule has 1 aliphatic heterocycles. The third-order valence-electron chi connectivity index (χ3n) is 4.92. The first-order chi connectivity index (χ1) is 8.65. The van der Waals surface area contributed by atoms with Crippen molar-refractivity contribution >= 4 is 0 Å². The molecule has 1 aliphatic rings. The molecule has 18 heavy (non-hydrogen) atoms. The van der Waals surface area contributed by atoms with Gasteiger partial charge in [0.2, 0.25) is 0 Å².